The molecular weight excluding hydrogens is 318 g/mol. The number of carbonyl (C=O) groups is 2. The predicted molar refractivity (Wildman–Crippen MR) is 94.7 cm³/mol. The molecule has 1 saturated heterocycles. The second-order valence-corrected chi connectivity index (χ2v) is 7.05. The van der Waals surface area contributed by atoms with E-state index in [1.807, 2.05) is 35.2 Å². The zero-order valence-electron chi connectivity index (χ0n) is 14.8. The van der Waals surface area contributed by atoms with Gasteiger partial charge < -0.3 is 20.3 Å². The number of hydrogen-bond donors (Lipinski definition) is 1. The van der Waals surface area contributed by atoms with Crippen molar-refractivity contribution in [3.63, 3.8) is 0 Å². The molecule has 1 unspecified atom stereocenters. The van der Waals surface area contributed by atoms with E-state index in [2.05, 4.69) is 0 Å². The number of rotatable bonds is 5. The fourth-order valence-electron chi connectivity index (χ4n) is 3.41. The number of likely N-dealkylation sites (tertiary alicyclic amines) is 1. The Morgan fingerprint density at radius 3 is 2.60 bits per heavy atom. The summed E-state index contributed by atoms with van der Waals surface area (Å²) in [6, 6.07) is 9.45. The van der Waals surface area contributed by atoms with Gasteiger partial charge in [0.05, 0.1) is 12.1 Å². The summed E-state index contributed by atoms with van der Waals surface area (Å²) in [5, 5.41) is 0. The van der Waals surface area contributed by atoms with Crippen molar-refractivity contribution >= 4 is 12.0 Å². The predicted octanol–water partition coefficient (Wildman–Crippen LogP) is 2.13. The SMILES string of the molecule is C[C@H](N)C(=O)N1CCCC(N(C(=O)OCc2ccccc2)C2CC2)C1. The Bertz CT molecular complexity index is 601. The summed E-state index contributed by atoms with van der Waals surface area (Å²) in [6.45, 7) is 3.25. The van der Waals surface area contributed by atoms with Crippen molar-refractivity contribution in [3.8, 4) is 0 Å². The van der Waals surface area contributed by atoms with Gasteiger partial charge in [-0.25, -0.2) is 4.79 Å². The molecule has 6 heteroatoms. The molecule has 0 radical (unpaired) electrons. The first kappa shape index (κ1) is 17.7. The van der Waals surface area contributed by atoms with Crippen molar-refractivity contribution in [1.82, 2.24) is 9.80 Å². The number of amides is 2. The summed E-state index contributed by atoms with van der Waals surface area (Å²) in [4.78, 5) is 28.5. The molecule has 1 aromatic carbocycles. The largest absolute Gasteiger partial charge is 0.445 e. The van der Waals surface area contributed by atoms with Gasteiger partial charge in [0.15, 0.2) is 0 Å². The van der Waals surface area contributed by atoms with Crippen LogP contribution in [0, 0.1) is 0 Å². The lowest BCUT2D eigenvalue weighted by Gasteiger charge is -2.39. The fourth-order valence-corrected chi connectivity index (χ4v) is 3.41. The second kappa shape index (κ2) is 7.87. The number of carbonyl (C=O) groups excluding carboxylic acids is 2. The Labute approximate surface area is 148 Å². The molecule has 2 aliphatic rings. The van der Waals surface area contributed by atoms with E-state index in [9.17, 15) is 9.59 Å². The minimum atomic E-state index is -0.502. The quantitative estimate of drug-likeness (QED) is 0.887. The standard InChI is InChI=1S/C19H27N3O3/c1-14(20)18(23)21-11-5-8-17(12-21)22(16-9-10-16)19(24)25-13-15-6-3-2-4-7-15/h2-4,6-7,14,16-17H,5,8-13,20H2,1H3/t14-,17?/m0/s1. The summed E-state index contributed by atoms with van der Waals surface area (Å²) in [7, 11) is 0. The summed E-state index contributed by atoms with van der Waals surface area (Å²) < 4.78 is 5.55. The maximum atomic E-state index is 12.7. The maximum absolute atomic E-state index is 12.7. The van der Waals surface area contributed by atoms with Gasteiger partial charge in [-0.15, -0.1) is 0 Å². The zero-order valence-corrected chi connectivity index (χ0v) is 14.8. The highest BCUT2D eigenvalue weighted by Crippen LogP contribution is 2.32. The lowest BCUT2D eigenvalue weighted by atomic mass is 10.0. The van der Waals surface area contributed by atoms with Gasteiger partial charge in [-0.05, 0) is 38.2 Å². The Kier molecular flexibility index (Phi) is 5.58. The molecule has 1 aliphatic heterocycles. The summed E-state index contributed by atoms with van der Waals surface area (Å²) in [5.41, 5.74) is 6.71. The van der Waals surface area contributed by atoms with E-state index in [-0.39, 0.29) is 30.7 Å². The number of ether oxygens (including phenoxy) is 1. The second-order valence-electron chi connectivity index (χ2n) is 7.05. The molecule has 1 saturated carbocycles. The van der Waals surface area contributed by atoms with Crippen molar-refractivity contribution in [1.29, 1.82) is 0 Å². The van der Waals surface area contributed by atoms with Gasteiger partial charge in [-0.1, -0.05) is 30.3 Å². The molecule has 1 aromatic rings. The van der Waals surface area contributed by atoms with Crippen LogP contribution in [0.4, 0.5) is 4.79 Å². The van der Waals surface area contributed by atoms with Crippen molar-refractivity contribution in [2.45, 2.75) is 57.3 Å². The van der Waals surface area contributed by atoms with E-state index in [1.54, 1.807) is 11.8 Å². The van der Waals surface area contributed by atoms with Crippen LogP contribution in [0.15, 0.2) is 30.3 Å². The summed E-state index contributed by atoms with van der Waals surface area (Å²) >= 11 is 0. The van der Waals surface area contributed by atoms with Crippen molar-refractivity contribution < 1.29 is 14.3 Å². The van der Waals surface area contributed by atoms with Crippen LogP contribution in [-0.2, 0) is 16.1 Å². The van der Waals surface area contributed by atoms with E-state index < -0.39 is 6.04 Å². The molecule has 136 valence electrons. The molecule has 6 nitrogen and oxygen atoms in total. The Morgan fingerprint density at radius 1 is 1.24 bits per heavy atom. The van der Waals surface area contributed by atoms with Crippen molar-refractivity contribution in [2.75, 3.05) is 13.1 Å². The first-order valence-electron chi connectivity index (χ1n) is 9.09. The zero-order chi connectivity index (χ0) is 17.8. The summed E-state index contributed by atoms with van der Waals surface area (Å²) in [5.74, 6) is -0.0434. The Hall–Kier alpha value is -2.08. The third kappa shape index (κ3) is 4.51. The molecule has 0 bridgehead atoms. The van der Waals surface area contributed by atoms with Crippen LogP contribution in [0.3, 0.4) is 0 Å². The molecule has 1 heterocycles. The van der Waals surface area contributed by atoms with Gasteiger partial charge in [0, 0.05) is 19.1 Å². The lowest BCUT2D eigenvalue weighted by Crippen LogP contribution is -2.54. The van der Waals surface area contributed by atoms with Crippen LogP contribution < -0.4 is 5.73 Å². The molecule has 1 aliphatic carbocycles. The van der Waals surface area contributed by atoms with Gasteiger partial charge in [0.1, 0.15) is 6.61 Å². The van der Waals surface area contributed by atoms with Crippen LogP contribution in [0.25, 0.3) is 0 Å². The van der Waals surface area contributed by atoms with Gasteiger partial charge >= 0.3 is 6.09 Å². The van der Waals surface area contributed by atoms with E-state index in [1.165, 1.54) is 0 Å². The molecule has 2 atom stereocenters. The minimum absolute atomic E-state index is 0.0206. The molecular formula is C19H27N3O3. The molecule has 2 amide bonds. The topological polar surface area (TPSA) is 75.9 Å². The van der Waals surface area contributed by atoms with Crippen LogP contribution in [0.5, 0.6) is 0 Å². The lowest BCUT2D eigenvalue weighted by molar-refractivity contribution is -0.134. The third-order valence-corrected chi connectivity index (χ3v) is 4.85. The smallest absolute Gasteiger partial charge is 0.410 e. The number of benzene rings is 1. The third-order valence-electron chi connectivity index (χ3n) is 4.85. The van der Waals surface area contributed by atoms with Gasteiger partial charge in [-0.3, -0.25) is 4.79 Å². The fraction of sp³-hybridized carbons (Fsp3) is 0.579. The highest BCUT2D eigenvalue weighted by atomic mass is 16.6. The molecule has 0 spiro atoms. The van der Waals surface area contributed by atoms with Crippen molar-refractivity contribution in [3.05, 3.63) is 35.9 Å². The maximum Gasteiger partial charge on any atom is 0.410 e. The average molecular weight is 345 g/mol. The highest BCUT2D eigenvalue weighted by molar-refractivity contribution is 5.81. The van der Waals surface area contributed by atoms with Crippen LogP contribution >= 0.6 is 0 Å². The van der Waals surface area contributed by atoms with E-state index >= 15 is 0 Å². The highest BCUT2D eigenvalue weighted by Gasteiger charge is 2.40. The van der Waals surface area contributed by atoms with E-state index in [4.69, 9.17) is 10.5 Å². The molecule has 2 fully saturated rings. The van der Waals surface area contributed by atoms with E-state index in [0.29, 0.717) is 13.1 Å². The monoisotopic (exact) mass is 345 g/mol. The number of piperidine rings is 1. The van der Waals surface area contributed by atoms with Gasteiger partial charge in [-0.2, -0.15) is 0 Å². The minimum Gasteiger partial charge on any atom is -0.445 e. The Balaban J connectivity index is 1.62. The Morgan fingerprint density at radius 2 is 1.96 bits per heavy atom. The van der Waals surface area contributed by atoms with E-state index in [0.717, 1.165) is 31.2 Å². The van der Waals surface area contributed by atoms with Crippen LogP contribution in [-0.4, -0.2) is 53.0 Å². The van der Waals surface area contributed by atoms with Gasteiger partial charge in [0.2, 0.25) is 5.91 Å². The first-order valence-corrected chi connectivity index (χ1v) is 9.09. The normalized spacial score (nSPS) is 21.5. The number of nitrogens with two attached hydrogens (primary N) is 1. The molecule has 3 rings (SSSR count). The van der Waals surface area contributed by atoms with Gasteiger partial charge in [0.25, 0.3) is 0 Å². The number of nitrogens with zero attached hydrogens (tertiary/aromatic N) is 2. The van der Waals surface area contributed by atoms with Crippen molar-refractivity contribution in [2.24, 2.45) is 5.73 Å². The first-order chi connectivity index (χ1) is 12.1. The molecule has 2 N–H and O–H groups in total. The average Bonchev–Trinajstić information content (AvgIpc) is 3.45. The molecule has 0 aromatic heterocycles. The van der Waals surface area contributed by atoms with Crippen LogP contribution in [0.1, 0.15) is 38.2 Å². The number of hydrogen-bond acceptors (Lipinski definition) is 4. The molecule has 25 heavy (non-hydrogen) atoms. The summed E-state index contributed by atoms with van der Waals surface area (Å²) in [6.07, 6.45) is 3.54. The van der Waals surface area contributed by atoms with Crippen LogP contribution in [0.2, 0.25) is 0 Å².